The summed E-state index contributed by atoms with van der Waals surface area (Å²) in [5.74, 6) is 0.271. The number of hydrogen-bond donors (Lipinski definition) is 0. The molecule has 248 valence electrons. The van der Waals surface area contributed by atoms with Crippen LogP contribution >= 0.6 is 0 Å². The Bertz CT molecular complexity index is 1430. The Morgan fingerprint density at radius 2 is 0.652 bits per heavy atom. The van der Waals surface area contributed by atoms with E-state index in [4.69, 9.17) is 0 Å². The van der Waals surface area contributed by atoms with Crippen LogP contribution in [0.15, 0.2) is 76.5 Å². The lowest BCUT2D eigenvalue weighted by Crippen LogP contribution is -2.73. The molecule has 1 unspecified atom stereocenters. The standard InChI is InChI=1S/C39H58N6Si/c1-26-27(2)29(4)36(28(26)3)46(37-30(40(5)6)20-17-21-31(37)41(7)8,38-32(42(9)10)22-18-23-33(38)43(11)12)39-34(44(13)14)24-19-25-35(39)45(15)16/h17-25,28H,1-16H3. The summed E-state index contributed by atoms with van der Waals surface area (Å²) in [4.78, 5) is 14.0. The Hall–Kier alpha value is -3.84. The molecule has 1 aliphatic carbocycles. The largest absolute Gasteiger partial charge is 0.378 e. The molecule has 3 aromatic carbocycles. The van der Waals surface area contributed by atoms with Crippen molar-refractivity contribution in [3.63, 3.8) is 0 Å². The molecule has 1 atom stereocenters. The van der Waals surface area contributed by atoms with Crippen molar-refractivity contribution >= 4 is 57.8 Å². The molecule has 0 saturated heterocycles. The predicted molar refractivity (Wildman–Crippen MR) is 210 cm³/mol. The zero-order valence-electron chi connectivity index (χ0n) is 31.5. The van der Waals surface area contributed by atoms with Crippen molar-refractivity contribution in [3.05, 3.63) is 76.5 Å². The first kappa shape index (κ1) is 35.0. The van der Waals surface area contributed by atoms with Crippen molar-refractivity contribution in [1.82, 2.24) is 0 Å². The molecule has 0 saturated carbocycles. The lowest BCUT2D eigenvalue weighted by Gasteiger charge is -2.47. The molecule has 3 aromatic rings. The van der Waals surface area contributed by atoms with Crippen LogP contribution in [-0.4, -0.2) is 92.6 Å². The van der Waals surface area contributed by atoms with Crippen LogP contribution in [0.2, 0.25) is 0 Å². The van der Waals surface area contributed by atoms with E-state index in [1.165, 1.54) is 66.4 Å². The fraction of sp³-hybridized carbons (Fsp3) is 0.436. The lowest BCUT2D eigenvalue weighted by molar-refractivity contribution is 0.851. The number of nitrogens with zero attached hydrogens (tertiary/aromatic N) is 6. The van der Waals surface area contributed by atoms with Crippen LogP contribution in [0.3, 0.4) is 0 Å². The summed E-state index contributed by atoms with van der Waals surface area (Å²) in [7, 11) is 23.3. The van der Waals surface area contributed by atoms with Gasteiger partial charge < -0.3 is 29.4 Å². The minimum atomic E-state index is -3.26. The van der Waals surface area contributed by atoms with E-state index in [0.717, 1.165) is 0 Å². The molecule has 0 spiro atoms. The smallest absolute Gasteiger partial charge is 0.191 e. The van der Waals surface area contributed by atoms with E-state index < -0.39 is 8.07 Å². The third-order valence-electron chi connectivity index (χ3n) is 10.1. The summed E-state index contributed by atoms with van der Waals surface area (Å²) >= 11 is 0. The molecule has 1 aliphatic rings. The topological polar surface area (TPSA) is 19.4 Å². The van der Waals surface area contributed by atoms with Crippen molar-refractivity contribution < 1.29 is 0 Å². The van der Waals surface area contributed by atoms with E-state index in [-0.39, 0.29) is 5.92 Å². The second-order valence-corrected chi connectivity index (χ2v) is 17.7. The number of hydrogen-bond acceptors (Lipinski definition) is 6. The molecule has 46 heavy (non-hydrogen) atoms. The van der Waals surface area contributed by atoms with Gasteiger partial charge >= 0.3 is 0 Å². The molecule has 0 heterocycles. The van der Waals surface area contributed by atoms with E-state index in [9.17, 15) is 0 Å². The number of rotatable bonds is 10. The molecule has 4 rings (SSSR count). The molecule has 0 radical (unpaired) electrons. The maximum atomic E-state index is 2.46. The molecule has 0 N–H and O–H groups in total. The zero-order valence-corrected chi connectivity index (χ0v) is 32.5. The molecular formula is C39H58N6Si. The van der Waals surface area contributed by atoms with Crippen molar-refractivity contribution in [1.29, 1.82) is 0 Å². The molecule has 0 amide bonds. The molecule has 0 aromatic heterocycles. The lowest BCUT2D eigenvalue weighted by atomic mass is 10.1. The minimum absolute atomic E-state index is 0.271. The fourth-order valence-electron chi connectivity index (χ4n) is 7.72. The average molecular weight is 639 g/mol. The molecule has 0 aliphatic heterocycles. The SMILES string of the molecule is CC1=C(C)C(C)C([Si](c2c(N(C)C)cccc2N(C)C)(c2c(N(C)C)cccc2N(C)C)c2c(N(C)C)cccc2N(C)C)=C1C. The van der Waals surface area contributed by atoms with Crippen molar-refractivity contribution in [2.24, 2.45) is 5.92 Å². The van der Waals surface area contributed by atoms with Crippen LogP contribution in [0.4, 0.5) is 34.1 Å². The summed E-state index contributed by atoms with van der Waals surface area (Å²) in [5, 5.41) is 5.88. The molecular weight excluding hydrogens is 581 g/mol. The van der Waals surface area contributed by atoms with Gasteiger partial charge in [0, 0.05) is 134 Å². The van der Waals surface area contributed by atoms with Gasteiger partial charge in [-0.25, -0.2) is 0 Å². The summed E-state index contributed by atoms with van der Waals surface area (Å²) in [6, 6.07) is 20.7. The summed E-state index contributed by atoms with van der Waals surface area (Å²) in [5.41, 5.74) is 11.9. The highest BCUT2D eigenvalue weighted by Gasteiger charge is 2.55. The fourth-order valence-corrected chi connectivity index (χ4v) is 15.0. The highest BCUT2D eigenvalue weighted by Crippen LogP contribution is 2.46. The van der Waals surface area contributed by atoms with Crippen molar-refractivity contribution in [3.8, 4) is 0 Å². The third kappa shape index (κ3) is 5.46. The van der Waals surface area contributed by atoms with Crippen LogP contribution < -0.4 is 45.0 Å². The maximum Gasteiger partial charge on any atom is 0.191 e. The first-order valence-corrected chi connectivity index (χ1v) is 18.3. The molecule has 0 fully saturated rings. The highest BCUT2D eigenvalue weighted by molar-refractivity contribution is 7.20. The van der Waals surface area contributed by atoms with Crippen LogP contribution in [0.1, 0.15) is 27.7 Å². The molecule has 0 bridgehead atoms. The number of anilines is 6. The van der Waals surface area contributed by atoms with E-state index >= 15 is 0 Å². The Kier molecular flexibility index (Phi) is 9.98. The van der Waals surface area contributed by atoms with Gasteiger partial charge in [-0.1, -0.05) is 41.5 Å². The van der Waals surface area contributed by atoms with Gasteiger partial charge in [0.2, 0.25) is 0 Å². The van der Waals surface area contributed by atoms with Gasteiger partial charge in [0.25, 0.3) is 0 Å². The van der Waals surface area contributed by atoms with E-state index in [1.807, 2.05) is 0 Å². The van der Waals surface area contributed by atoms with Crippen LogP contribution in [0.25, 0.3) is 0 Å². The van der Waals surface area contributed by atoms with Gasteiger partial charge in [-0.15, -0.1) is 0 Å². The normalized spacial score (nSPS) is 15.0. The number of benzene rings is 3. The summed E-state index contributed by atoms with van der Waals surface area (Å²) < 4.78 is 0. The Morgan fingerprint density at radius 1 is 0.413 bits per heavy atom. The van der Waals surface area contributed by atoms with E-state index in [1.54, 1.807) is 5.20 Å². The molecule has 6 nitrogen and oxygen atoms in total. The van der Waals surface area contributed by atoms with Crippen molar-refractivity contribution in [2.45, 2.75) is 27.7 Å². The van der Waals surface area contributed by atoms with E-state index in [0.29, 0.717) is 0 Å². The first-order valence-electron chi connectivity index (χ1n) is 16.3. The quantitative estimate of drug-likeness (QED) is 0.218. The van der Waals surface area contributed by atoms with Gasteiger partial charge in [0.15, 0.2) is 8.07 Å². The monoisotopic (exact) mass is 638 g/mol. The summed E-state index contributed by atoms with van der Waals surface area (Å²) in [6.45, 7) is 9.55. The minimum Gasteiger partial charge on any atom is -0.378 e. The Balaban J connectivity index is 2.62. The summed E-state index contributed by atoms with van der Waals surface area (Å²) in [6.07, 6.45) is 0. The van der Waals surface area contributed by atoms with Gasteiger partial charge in [0.05, 0.1) is 0 Å². The first-order chi connectivity index (χ1) is 21.5. The highest BCUT2D eigenvalue weighted by atomic mass is 28.3. The second kappa shape index (κ2) is 13.1. The van der Waals surface area contributed by atoms with Gasteiger partial charge in [-0.2, -0.15) is 0 Å². The Labute approximate surface area is 281 Å². The van der Waals surface area contributed by atoms with Gasteiger partial charge in [0.1, 0.15) is 0 Å². The second-order valence-electron chi connectivity index (χ2n) is 14.2. The van der Waals surface area contributed by atoms with E-state index in [2.05, 4.69) is 196 Å². The predicted octanol–water partition coefficient (Wildman–Crippen LogP) is 5.39. The third-order valence-corrected chi connectivity index (χ3v) is 15.5. The van der Waals surface area contributed by atoms with Crippen molar-refractivity contribution in [2.75, 3.05) is 114 Å². The van der Waals surface area contributed by atoms with Gasteiger partial charge in [-0.05, 0) is 68.7 Å². The zero-order chi connectivity index (χ0) is 34.4. The Morgan fingerprint density at radius 3 is 0.826 bits per heavy atom. The van der Waals surface area contributed by atoms with Crippen LogP contribution in [0, 0.1) is 5.92 Å². The number of allylic oxidation sites excluding steroid dienone is 4. The van der Waals surface area contributed by atoms with Gasteiger partial charge in [-0.3, -0.25) is 0 Å². The average Bonchev–Trinajstić information content (AvgIpc) is 3.19. The van der Waals surface area contributed by atoms with Crippen LogP contribution in [0.5, 0.6) is 0 Å². The molecule has 7 heteroatoms. The van der Waals surface area contributed by atoms with Crippen LogP contribution in [-0.2, 0) is 0 Å². The maximum absolute atomic E-state index is 3.26.